The SMILES string of the molecule is CCCNC(Cc1ccccc1Cl)c1cncn1C. The molecule has 2 aromatic rings. The van der Waals surface area contributed by atoms with E-state index < -0.39 is 0 Å². The number of nitrogens with one attached hydrogen (secondary N) is 1. The fourth-order valence-electron chi connectivity index (χ4n) is 2.19. The second kappa shape index (κ2) is 6.73. The smallest absolute Gasteiger partial charge is 0.0946 e. The Morgan fingerprint density at radius 1 is 1.37 bits per heavy atom. The first kappa shape index (κ1) is 14.1. The lowest BCUT2D eigenvalue weighted by Gasteiger charge is -2.19. The lowest BCUT2D eigenvalue weighted by molar-refractivity contribution is 0.504. The third-order valence-corrected chi connectivity index (χ3v) is 3.60. The van der Waals surface area contributed by atoms with Crippen LogP contribution in [0.5, 0.6) is 0 Å². The zero-order valence-electron chi connectivity index (χ0n) is 11.4. The first-order chi connectivity index (χ1) is 9.22. The summed E-state index contributed by atoms with van der Waals surface area (Å²) in [7, 11) is 2.02. The average Bonchev–Trinajstić information content (AvgIpc) is 2.83. The fourth-order valence-corrected chi connectivity index (χ4v) is 2.40. The molecule has 1 N–H and O–H groups in total. The molecule has 0 fully saturated rings. The predicted octanol–water partition coefficient (Wildman–Crippen LogP) is 3.36. The monoisotopic (exact) mass is 277 g/mol. The number of hydrogen-bond acceptors (Lipinski definition) is 2. The van der Waals surface area contributed by atoms with Gasteiger partial charge in [0.05, 0.1) is 18.1 Å². The molecule has 4 heteroatoms. The van der Waals surface area contributed by atoms with Gasteiger partial charge in [0.15, 0.2) is 0 Å². The summed E-state index contributed by atoms with van der Waals surface area (Å²) in [4.78, 5) is 4.20. The summed E-state index contributed by atoms with van der Waals surface area (Å²) in [6.45, 7) is 3.16. The molecule has 19 heavy (non-hydrogen) atoms. The van der Waals surface area contributed by atoms with Gasteiger partial charge in [0, 0.05) is 18.3 Å². The van der Waals surface area contributed by atoms with E-state index in [9.17, 15) is 0 Å². The minimum Gasteiger partial charge on any atom is -0.336 e. The largest absolute Gasteiger partial charge is 0.336 e. The number of benzene rings is 1. The molecule has 1 unspecified atom stereocenters. The van der Waals surface area contributed by atoms with Gasteiger partial charge in [-0.1, -0.05) is 36.7 Å². The second-order valence-corrected chi connectivity index (χ2v) is 5.14. The van der Waals surface area contributed by atoms with Crippen molar-refractivity contribution in [2.45, 2.75) is 25.8 Å². The first-order valence-corrected chi connectivity index (χ1v) is 7.03. The van der Waals surface area contributed by atoms with E-state index in [1.807, 2.05) is 37.8 Å². The van der Waals surface area contributed by atoms with Crippen LogP contribution in [-0.4, -0.2) is 16.1 Å². The summed E-state index contributed by atoms with van der Waals surface area (Å²) in [5.74, 6) is 0. The highest BCUT2D eigenvalue weighted by molar-refractivity contribution is 6.31. The molecule has 0 radical (unpaired) electrons. The number of halogens is 1. The molecule has 0 spiro atoms. The maximum atomic E-state index is 6.25. The highest BCUT2D eigenvalue weighted by atomic mass is 35.5. The normalized spacial score (nSPS) is 12.6. The Kier molecular flexibility index (Phi) is 5.00. The summed E-state index contributed by atoms with van der Waals surface area (Å²) < 4.78 is 2.06. The lowest BCUT2D eigenvalue weighted by atomic mass is 10.0. The summed E-state index contributed by atoms with van der Waals surface area (Å²) in [5, 5.41) is 4.40. The molecule has 3 nitrogen and oxygen atoms in total. The van der Waals surface area contributed by atoms with Gasteiger partial charge in [-0.2, -0.15) is 0 Å². The third kappa shape index (κ3) is 3.58. The van der Waals surface area contributed by atoms with E-state index in [0.717, 1.165) is 24.4 Å². The molecule has 1 atom stereocenters. The van der Waals surface area contributed by atoms with Crippen LogP contribution in [0.2, 0.25) is 5.02 Å². The molecule has 1 aromatic carbocycles. The maximum absolute atomic E-state index is 6.25. The Balaban J connectivity index is 2.19. The minimum absolute atomic E-state index is 0.243. The molecule has 0 amide bonds. The quantitative estimate of drug-likeness (QED) is 0.877. The summed E-state index contributed by atoms with van der Waals surface area (Å²) in [6, 6.07) is 8.26. The van der Waals surface area contributed by atoms with Crippen molar-refractivity contribution in [1.29, 1.82) is 0 Å². The van der Waals surface area contributed by atoms with Gasteiger partial charge >= 0.3 is 0 Å². The van der Waals surface area contributed by atoms with Crippen molar-refractivity contribution < 1.29 is 0 Å². The van der Waals surface area contributed by atoms with Crippen LogP contribution in [0.1, 0.15) is 30.6 Å². The van der Waals surface area contributed by atoms with Crippen molar-refractivity contribution in [3.63, 3.8) is 0 Å². The molecule has 0 aliphatic rings. The zero-order valence-corrected chi connectivity index (χ0v) is 12.2. The van der Waals surface area contributed by atoms with E-state index in [1.165, 1.54) is 11.3 Å². The van der Waals surface area contributed by atoms with E-state index in [2.05, 4.69) is 27.9 Å². The topological polar surface area (TPSA) is 29.9 Å². The number of hydrogen-bond donors (Lipinski definition) is 1. The molecule has 1 aromatic heterocycles. The molecule has 0 aliphatic carbocycles. The number of imidazole rings is 1. The molecule has 102 valence electrons. The van der Waals surface area contributed by atoms with Gasteiger partial charge in [0.25, 0.3) is 0 Å². The Labute approximate surface area is 119 Å². The van der Waals surface area contributed by atoms with E-state index in [-0.39, 0.29) is 6.04 Å². The first-order valence-electron chi connectivity index (χ1n) is 6.65. The van der Waals surface area contributed by atoms with Gasteiger partial charge in [-0.25, -0.2) is 4.98 Å². The average molecular weight is 278 g/mol. The van der Waals surface area contributed by atoms with E-state index >= 15 is 0 Å². The summed E-state index contributed by atoms with van der Waals surface area (Å²) in [6.07, 6.45) is 5.74. The molecular weight excluding hydrogens is 258 g/mol. The van der Waals surface area contributed by atoms with Gasteiger partial charge in [-0.3, -0.25) is 0 Å². The van der Waals surface area contributed by atoms with Gasteiger partial charge in [-0.05, 0) is 31.0 Å². The Bertz CT molecular complexity index is 522. The van der Waals surface area contributed by atoms with E-state index in [4.69, 9.17) is 11.6 Å². The minimum atomic E-state index is 0.243. The van der Waals surface area contributed by atoms with Crippen LogP contribution in [0.25, 0.3) is 0 Å². The van der Waals surface area contributed by atoms with Crippen molar-refractivity contribution in [3.05, 3.63) is 53.1 Å². The molecule has 0 aliphatic heterocycles. The van der Waals surface area contributed by atoms with Crippen molar-refractivity contribution in [3.8, 4) is 0 Å². The number of nitrogens with zero attached hydrogens (tertiary/aromatic N) is 2. The molecule has 0 saturated carbocycles. The zero-order chi connectivity index (χ0) is 13.7. The maximum Gasteiger partial charge on any atom is 0.0946 e. The van der Waals surface area contributed by atoms with Crippen molar-refractivity contribution in [2.75, 3.05) is 6.54 Å². The Morgan fingerprint density at radius 2 is 2.16 bits per heavy atom. The third-order valence-electron chi connectivity index (χ3n) is 3.23. The van der Waals surface area contributed by atoms with Crippen LogP contribution in [0.4, 0.5) is 0 Å². The van der Waals surface area contributed by atoms with Gasteiger partial charge in [-0.15, -0.1) is 0 Å². The van der Waals surface area contributed by atoms with Crippen LogP contribution in [-0.2, 0) is 13.5 Å². The molecule has 0 saturated heterocycles. The van der Waals surface area contributed by atoms with Crippen molar-refractivity contribution >= 4 is 11.6 Å². The summed E-state index contributed by atoms with van der Waals surface area (Å²) in [5.41, 5.74) is 2.35. The number of aromatic nitrogens is 2. The van der Waals surface area contributed by atoms with Gasteiger partial charge in [0.1, 0.15) is 0 Å². The lowest BCUT2D eigenvalue weighted by Crippen LogP contribution is -2.26. The standard InChI is InChI=1S/C15H20ClN3/c1-3-8-18-14(15-10-17-11-19(15)2)9-12-6-4-5-7-13(12)16/h4-7,10-11,14,18H,3,8-9H2,1-2H3. The predicted molar refractivity (Wildman–Crippen MR) is 79.4 cm³/mol. The molecule has 0 bridgehead atoms. The van der Waals surface area contributed by atoms with E-state index in [1.54, 1.807) is 0 Å². The van der Waals surface area contributed by atoms with Gasteiger partial charge in [0.2, 0.25) is 0 Å². The van der Waals surface area contributed by atoms with Crippen LogP contribution in [0.3, 0.4) is 0 Å². The van der Waals surface area contributed by atoms with Crippen LogP contribution < -0.4 is 5.32 Å². The molecule has 1 heterocycles. The second-order valence-electron chi connectivity index (χ2n) is 4.73. The Morgan fingerprint density at radius 3 is 2.79 bits per heavy atom. The van der Waals surface area contributed by atoms with Crippen LogP contribution >= 0.6 is 11.6 Å². The summed E-state index contributed by atoms with van der Waals surface area (Å²) >= 11 is 6.25. The van der Waals surface area contributed by atoms with Crippen molar-refractivity contribution in [1.82, 2.24) is 14.9 Å². The highest BCUT2D eigenvalue weighted by Gasteiger charge is 2.15. The number of rotatable bonds is 6. The Hall–Kier alpha value is -1.32. The highest BCUT2D eigenvalue weighted by Crippen LogP contribution is 2.23. The molecule has 2 rings (SSSR count). The van der Waals surface area contributed by atoms with Crippen LogP contribution in [0, 0.1) is 0 Å². The van der Waals surface area contributed by atoms with Crippen molar-refractivity contribution in [2.24, 2.45) is 7.05 Å². The molecular formula is C15H20ClN3. The fraction of sp³-hybridized carbons (Fsp3) is 0.400. The van der Waals surface area contributed by atoms with Gasteiger partial charge < -0.3 is 9.88 Å². The van der Waals surface area contributed by atoms with Crippen LogP contribution in [0.15, 0.2) is 36.8 Å². The number of aryl methyl sites for hydroxylation is 1. The van der Waals surface area contributed by atoms with E-state index in [0.29, 0.717) is 0 Å².